The van der Waals surface area contributed by atoms with E-state index in [4.69, 9.17) is 0 Å². The molecule has 0 aliphatic carbocycles. The Labute approximate surface area is 148 Å². The van der Waals surface area contributed by atoms with E-state index >= 15 is 0 Å². The van der Waals surface area contributed by atoms with E-state index in [0.717, 1.165) is 25.8 Å². The highest BCUT2D eigenvalue weighted by molar-refractivity contribution is 5.99. The van der Waals surface area contributed by atoms with E-state index in [0.29, 0.717) is 0 Å². The zero-order valence-electron chi connectivity index (χ0n) is 14.5. The number of aryl methyl sites for hydroxylation is 1. The SMILES string of the molecule is CCCc1c(-c2ccccc2)cc2c3c(c4ccccc4n13)CCN2. The first-order chi connectivity index (χ1) is 12.4. The van der Waals surface area contributed by atoms with Crippen LogP contribution in [0.2, 0.25) is 0 Å². The molecule has 2 aromatic heterocycles. The van der Waals surface area contributed by atoms with Crippen molar-refractivity contribution in [2.75, 3.05) is 11.9 Å². The van der Waals surface area contributed by atoms with Gasteiger partial charge in [-0.05, 0) is 36.1 Å². The van der Waals surface area contributed by atoms with Crippen LogP contribution in [-0.4, -0.2) is 10.9 Å². The number of benzene rings is 2. The summed E-state index contributed by atoms with van der Waals surface area (Å²) < 4.78 is 2.53. The molecule has 25 heavy (non-hydrogen) atoms. The molecule has 0 saturated heterocycles. The molecule has 1 N–H and O–H groups in total. The molecular formula is C23H22N2. The summed E-state index contributed by atoms with van der Waals surface area (Å²) in [7, 11) is 0. The molecule has 0 amide bonds. The lowest BCUT2D eigenvalue weighted by molar-refractivity contribution is 0.869. The van der Waals surface area contributed by atoms with Gasteiger partial charge in [-0.2, -0.15) is 0 Å². The van der Waals surface area contributed by atoms with Gasteiger partial charge in [-0.15, -0.1) is 0 Å². The van der Waals surface area contributed by atoms with Gasteiger partial charge >= 0.3 is 0 Å². The Morgan fingerprint density at radius 1 is 1.00 bits per heavy atom. The number of para-hydroxylation sites is 1. The summed E-state index contributed by atoms with van der Waals surface area (Å²) in [5, 5.41) is 5.06. The third kappa shape index (κ3) is 2.10. The van der Waals surface area contributed by atoms with Gasteiger partial charge in [0.1, 0.15) is 0 Å². The molecule has 124 valence electrons. The summed E-state index contributed by atoms with van der Waals surface area (Å²) in [5.74, 6) is 0. The third-order valence-electron chi connectivity index (χ3n) is 5.37. The fourth-order valence-electron chi connectivity index (χ4n) is 4.35. The average molecular weight is 326 g/mol. The molecule has 1 aliphatic heterocycles. The van der Waals surface area contributed by atoms with Crippen molar-refractivity contribution in [2.45, 2.75) is 26.2 Å². The maximum atomic E-state index is 3.65. The lowest BCUT2D eigenvalue weighted by Crippen LogP contribution is -2.13. The third-order valence-corrected chi connectivity index (χ3v) is 5.37. The fourth-order valence-corrected chi connectivity index (χ4v) is 4.35. The monoisotopic (exact) mass is 326 g/mol. The minimum atomic E-state index is 1.01. The number of pyridine rings is 1. The predicted octanol–water partition coefficient (Wildman–Crippen LogP) is 5.68. The van der Waals surface area contributed by atoms with Crippen molar-refractivity contribution in [3.63, 3.8) is 0 Å². The van der Waals surface area contributed by atoms with Crippen molar-refractivity contribution < 1.29 is 0 Å². The van der Waals surface area contributed by atoms with Crippen LogP contribution in [0.4, 0.5) is 5.69 Å². The highest BCUT2D eigenvalue weighted by atomic mass is 15.0. The Balaban J connectivity index is 1.97. The average Bonchev–Trinajstić information content (AvgIpc) is 3.01. The van der Waals surface area contributed by atoms with Gasteiger partial charge in [-0.1, -0.05) is 61.9 Å². The normalized spacial score (nSPS) is 13.3. The van der Waals surface area contributed by atoms with E-state index in [1.165, 1.54) is 44.5 Å². The van der Waals surface area contributed by atoms with E-state index in [-0.39, 0.29) is 0 Å². The van der Waals surface area contributed by atoms with Gasteiger partial charge in [0.05, 0.1) is 16.7 Å². The van der Waals surface area contributed by atoms with E-state index in [1.807, 2.05) is 0 Å². The second-order valence-corrected chi connectivity index (χ2v) is 6.89. The van der Waals surface area contributed by atoms with Crippen molar-refractivity contribution in [3.8, 4) is 11.1 Å². The van der Waals surface area contributed by atoms with Crippen molar-refractivity contribution in [1.29, 1.82) is 0 Å². The fraction of sp³-hybridized carbons (Fsp3) is 0.217. The molecule has 3 heterocycles. The molecule has 0 saturated carbocycles. The van der Waals surface area contributed by atoms with Crippen molar-refractivity contribution in [2.24, 2.45) is 0 Å². The number of hydrogen-bond donors (Lipinski definition) is 1. The van der Waals surface area contributed by atoms with Crippen LogP contribution in [0.15, 0.2) is 60.7 Å². The number of rotatable bonds is 3. The van der Waals surface area contributed by atoms with E-state index in [2.05, 4.69) is 77.3 Å². The predicted molar refractivity (Wildman–Crippen MR) is 107 cm³/mol. The molecule has 0 fully saturated rings. The van der Waals surface area contributed by atoms with E-state index < -0.39 is 0 Å². The Bertz CT molecular complexity index is 1070. The lowest BCUT2D eigenvalue weighted by Gasteiger charge is -2.21. The first-order valence-electron chi connectivity index (χ1n) is 9.25. The molecule has 0 atom stereocenters. The van der Waals surface area contributed by atoms with Crippen LogP contribution in [0.25, 0.3) is 27.5 Å². The molecule has 2 heteroatoms. The second-order valence-electron chi connectivity index (χ2n) is 6.89. The lowest BCUT2D eigenvalue weighted by atomic mass is 9.98. The zero-order valence-corrected chi connectivity index (χ0v) is 14.5. The molecule has 2 nitrogen and oxygen atoms in total. The highest BCUT2D eigenvalue weighted by Crippen LogP contribution is 2.40. The van der Waals surface area contributed by atoms with E-state index in [9.17, 15) is 0 Å². The Kier molecular flexibility index (Phi) is 3.30. The smallest absolute Gasteiger partial charge is 0.0730 e. The van der Waals surface area contributed by atoms with Gasteiger partial charge < -0.3 is 9.72 Å². The van der Waals surface area contributed by atoms with Crippen molar-refractivity contribution in [1.82, 2.24) is 4.40 Å². The molecule has 1 aliphatic rings. The van der Waals surface area contributed by atoms with Gasteiger partial charge in [-0.25, -0.2) is 0 Å². The maximum Gasteiger partial charge on any atom is 0.0730 e. The Hall–Kier alpha value is -2.74. The number of anilines is 1. The van der Waals surface area contributed by atoms with Crippen LogP contribution in [0.5, 0.6) is 0 Å². The number of fused-ring (bicyclic) bond motifs is 3. The molecular weight excluding hydrogens is 304 g/mol. The summed E-state index contributed by atoms with van der Waals surface area (Å²) in [6, 6.07) is 22.1. The summed E-state index contributed by atoms with van der Waals surface area (Å²) in [6.45, 7) is 3.28. The number of nitrogens with one attached hydrogen (secondary N) is 1. The quantitative estimate of drug-likeness (QED) is 0.512. The zero-order chi connectivity index (χ0) is 16.8. The number of aromatic nitrogens is 1. The Morgan fingerprint density at radius 2 is 1.80 bits per heavy atom. The summed E-state index contributed by atoms with van der Waals surface area (Å²) in [4.78, 5) is 0. The first kappa shape index (κ1) is 14.6. The highest BCUT2D eigenvalue weighted by Gasteiger charge is 2.22. The molecule has 0 unspecified atom stereocenters. The van der Waals surface area contributed by atoms with Crippen LogP contribution in [0, 0.1) is 0 Å². The van der Waals surface area contributed by atoms with Gasteiger partial charge in [0.2, 0.25) is 0 Å². The minimum Gasteiger partial charge on any atom is -0.383 e. The second kappa shape index (κ2) is 5.66. The molecule has 0 spiro atoms. The molecule has 5 rings (SSSR count). The van der Waals surface area contributed by atoms with Crippen molar-refractivity contribution in [3.05, 3.63) is 71.9 Å². The van der Waals surface area contributed by atoms with Crippen molar-refractivity contribution >= 4 is 22.1 Å². The largest absolute Gasteiger partial charge is 0.383 e. The first-order valence-corrected chi connectivity index (χ1v) is 9.25. The van der Waals surface area contributed by atoms with Crippen LogP contribution in [0.1, 0.15) is 24.6 Å². The Morgan fingerprint density at radius 3 is 2.64 bits per heavy atom. The van der Waals surface area contributed by atoms with Gasteiger partial charge in [0, 0.05) is 23.2 Å². The molecule has 0 radical (unpaired) electrons. The van der Waals surface area contributed by atoms with Crippen LogP contribution in [-0.2, 0) is 12.8 Å². The van der Waals surface area contributed by atoms with Gasteiger partial charge in [0.15, 0.2) is 0 Å². The van der Waals surface area contributed by atoms with E-state index in [1.54, 1.807) is 0 Å². The topological polar surface area (TPSA) is 16.4 Å². The summed E-state index contributed by atoms with van der Waals surface area (Å²) in [6.07, 6.45) is 3.32. The maximum absolute atomic E-state index is 3.65. The molecule has 0 bridgehead atoms. The van der Waals surface area contributed by atoms with Gasteiger partial charge in [0.25, 0.3) is 0 Å². The van der Waals surface area contributed by atoms with Crippen LogP contribution < -0.4 is 5.32 Å². The number of hydrogen-bond acceptors (Lipinski definition) is 1. The van der Waals surface area contributed by atoms with Crippen LogP contribution >= 0.6 is 0 Å². The van der Waals surface area contributed by atoms with Crippen LogP contribution in [0.3, 0.4) is 0 Å². The molecule has 2 aromatic carbocycles. The number of nitrogens with zero attached hydrogens (tertiary/aromatic N) is 1. The minimum absolute atomic E-state index is 1.01. The summed E-state index contributed by atoms with van der Waals surface area (Å²) in [5.41, 5.74) is 9.59. The standard InChI is InChI=1S/C23H22N2/c1-2-8-21-19(16-9-4-3-5-10-16)15-20-23-18(13-14-24-20)17-11-6-7-12-22(17)25(21)23/h3-7,9-12,15,24H,2,8,13-14H2,1H3. The summed E-state index contributed by atoms with van der Waals surface area (Å²) >= 11 is 0. The van der Waals surface area contributed by atoms with Gasteiger partial charge in [-0.3, -0.25) is 0 Å². The molecule has 4 aromatic rings.